The van der Waals surface area contributed by atoms with Crippen LogP contribution in [0.4, 0.5) is 5.69 Å². The summed E-state index contributed by atoms with van der Waals surface area (Å²) < 4.78 is 26.4. The molecule has 1 aliphatic heterocycles. The number of benzene rings is 1. The first-order chi connectivity index (χ1) is 9.84. The van der Waals surface area contributed by atoms with E-state index in [-0.39, 0.29) is 20.6 Å². The van der Waals surface area contributed by atoms with E-state index in [1.165, 1.54) is 29.3 Å². The average molecular weight is 352 g/mol. The van der Waals surface area contributed by atoms with Crippen molar-refractivity contribution in [1.82, 2.24) is 9.21 Å². The fourth-order valence-electron chi connectivity index (χ4n) is 2.33. The molecule has 0 radical (unpaired) electrons. The molecule has 1 fully saturated rings. The predicted octanol–water partition coefficient (Wildman–Crippen LogP) is 2.29. The molecule has 0 aliphatic carbocycles. The maximum absolute atomic E-state index is 12.5. The van der Waals surface area contributed by atoms with Crippen LogP contribution in [-0.2, 0) is 10.0 Å². The minimum absolute atomic E-state index is 0.00464. The minimum atomic E-state index is -3.66. The lowest BCUT2D eigenvalue weighted by molar-refractivity contribution is 0.310. The van der Waals surface area contributed by atoms with Crippen molar-refractivity contribution in [1.29, 1.82) is 0 Å². The number of anilines is 1. The molecule has 8 heteroatoms. The molecule has 2 rings (SSSR count). The van der Waals surface area contributed by atoms with Crippen molar-refractivity contribution in [2.75, 3.05) is 39.0 Å². The molecule has 0 bridgehead atoms. The van der Waals surface area contributed by atoms with Crippen LogP contribution in [0.5, 0.6) is 0 Å². The predicted molar refractivity (Wildman–Crippen MR) is 86.4 cm³/mol. The zero-order valence-corrected chi connectivity index (χ0v) is 14.2. The van der Waals surface area contributed by atoms with Gasteiger partial charge in [-0.25, -0.2) is 8.42 Å². The monoisotopic (exact) mass is 351 g/mol. The van der Waals surface area contributed by atoms with Crippen molar-refractivity contribution in [3.63, 3.8) is 0 Å². The smallest absolute Gasteiger partial charge is 0.244 e. The summed E-state index contributed by atoms with van der Waals surface area (Å²) in [4.78, 5) is 2.25. The topological polar surface area (TPSA) is 66.6 Å². The van der Waals surface area contributed by atoms with Crippen LogP contribution in [0.2, 0.25) is 10.0 Å². The van der Waals surface area contributed by atoms with Crippen molar-refractivity contribution in [2.24, 2.45) is 0 Å². The van der Waals surface area contributed by atoms with Gasteiger partial charge in [-0.15, -0.1) is 0 Å². The van der Waals surface area contributed by atoms with Gasteiger partial charge < -0.3 is 10.6 Å². The molecule has 1 aromatic carbocycles. The molecule has 21 heavy (non-hydrogen) atoms. The number of rotatable bonds is 5. The Labute approximate surface area is 135 Å². The number of hydrogen-bond donors (Lipinski definition) is 1. The highest BCUT2D eigenvalue weighted by molar-refractivity contribution is 7.89. The number of nitrogens with two attached hydrogens (primary N) is 1. The zero-order chi connectivity index (χ0) is 15.6. The SMILES string of the molecule is CN(CCN1CCCC1)S(=O)(=O)c1ccc(Cl)c(N)c1Cl. The van der Waals surface area contributed by atoms with Gasteiger partial charge in [0.25, 0.3) is 0 Å². The van der Waals surface area contributed by atoms with E-state index in [1.54, 1.807) is 7.05 Å². The molecule has 0 amide bonds. The van der Waals surface area contributed by atoms with Crippen molar-refractivity contribution in [2.45, 2.75) is 17.7 Å². The van der Waals surface area contributed by atoms with Crippen molar-refractivity contribution >= 4 is 38.9 Å². The summed E-state index contributed by atoms with van der Waals surface area (Å²) in [6.07, 6.45) is 2.35. The lowest BCUT2D eigenvalue weighted by Crippen LogP contribution is -2.35. The Bertz CT molecular complexity index is 616. The molecule has 1 aromatic rings. The molecule has 0 spiro atoms. The Morgan fingerprint density at radius 2 is 1.90 bits per heavy atom. The fraction of sp³-hybridized carbons (Fsp3) is 0.538. The normalized spacial score (nSPS) is 16.8. The minimum Gasteiger partial charge on any atom is -0.396 e. The van der Waals surface area contributed by atoms with Crippen LogP contribution in [-0.4, -0.2) is 50.8 Å². The lowest BCUT2D eigenvalue weighted by Gasteiger charge is -2.22. The van der Waals surface area contributed by atoms with Gasteiger partial charge >= 0.3 is 0 Å². The molecule has 0 atom stereocenters. The van der Waals surface area contributed by atoms with E-state index in [2.05, 4.69) is 4.90 Å². The summed E-state index contributed by atoms with van der Waals surface area (Å²) in [5, 5.41) is 0.231. The molecular formula is C13H19Cl2N3O2S. The first kappa shape index (κ1) is 16.8. The third kappa shape index (κ3) is 3.63. The standard InChI is InChI=1S/C13H19Cl2N3O2S/c1-17(8-9-18-6-2-3-7-18)21(19,20)11-5-4-10(14)13(16)12(11)15/h4-5H,2-3,6-9,16H2,1H3. The van der Waals surface area contributed by atoms with Gasteiger partial charge in [0, 0.05) is 20.1 Å². The molecule has 5 nitrogen and oxygen atoms in total. The zero-order valence-electron chi connectivity index (χ0n) is 11.8. The van der Waals surface area contributed by atoms with Crippen molar-refractivity contribution in [3.05, 3.63) is 22.2 Å². The van der Waals surface area contributed by atoms with Gasteiger partial charge in [-0.2, -0.15) is 4.31 Å². The van der Waals surface area contributed by atoms with E-state index >= 15 is 0 Å². The van der Waals surface area contributed by atoms with Crippen LogP contribution in [0.1, 0.15) is 12.8 Å². The third-order valence-electron chi connectivity index (χ3n) is 3.71. The third-order valence-corrected chi connectivity index (χ3v) is 6.46. The second-order valence-electron chi connectivity index (χ2n) is 5.15. The van der Waals surface area contributed by atoms with Crippen LogP contribution >= 0.6 is 23.2 Å². The maximum Gasteiger partial charge on any atom is 0.244 e. The van der Waals surface area contributed by atoms with Crippen LogP contribution in [0.25, 0.3) is 0 Å². The van der Waals surface area contributed by atoms with Crippen molar-refractivity contribution < 1.29 is 8.42 Å². The molecule has 0 unspecified atom stereocenters. The summed E-state index contributed by atoms with van der Waals surface area (Å²) in [6.45, 7) is 3.20. The van der Waals surface area contributed by atoms with Gasteiger partial charge in [0.1, 0.15) is 4.90 Å². The van der Waals surface area contributed by atoms with E-state index in [9.17, 15) is 8.42 Å². The molecule has 1 saturated heterocycles. The summed E-state index contributed by atoms with van der Waals surface area (Å²) in [5.74, 6) is 0. The number of halogens is 2. The van der Waals surface area contributed by atoms with E-state index < -0.39 is 10.0 Å². The van der Waals surface area contributed by atoms with Gasteiger partial charge in [-0.3, -0.25) is 0 Å². The van der Waals surface area contributed by atoms with Gasteiger partial charge in [0.05, 0.1) is 15.7 Å². The van der Waals surface area contributed by atoms with E-state index in [0.717, 1.165) is 19.6 Å². The highest BCUT2D eigenvalue weighted by Gasteiger charge is 2.26. The first-order valence-electron chi connectivity index (χ1n) is 6.76. The maximum atomic E-state index is 12.5. The summed E-state index contributed by atoms with van der Waals surface area (Å²) >= 11 is 11.9. The summed E-state index contributed by atoms with van der Waals surface area (Å²) in [6, 6.07) is 2.84. The molecule has 0 saturated carbocycles. The Kier molecular flexibility index (Phi) is 5.38. The molecule has 1 aliphatic rings. The highest BCUT2D eigenvalue weighted by atomic mass is 35.5. The van der Waals surface area contributed by atoms with E-state index in [0.29, 0.717) is 6.54 Å². The van der Waals surface area contributed by atoms with Crippen LogP contribution in [0.15, 0.2) is 17.0 Å². The number of likely N-dealkylation sites (N-methyl/N-ethyl adjacent to an activating group) is 1. The number of likely N-dealkylation sites (tertiary alicyclic amines) is 1. The second kappa shape index (κ2) is 6.71. The fourth-order valence-corrected chi connectivity index (χ4v) is 4.22. The van der Waals surface area contributed by atoms with Gasteiger partial charge in [-0.05, 0) is 38.1 Å². The Morgan fingerprint density at radius 3 is 2.52 bits per heavy atom. The Morgan fingerprint density at radius 1 is 1.29 bits per heavy atom. The molecule has 2 N–H and O–H groups in total. The van der Waals surface area contributed by atoms with Gasteiger partial charge in [-0.1, -0.05) is 23.2 Å². The first-order valence-corrected chi connectivity index (χ1v) is 8.96. The second-order valence-corrected chi connectivity index (χ2v) is 7.95. The van der Waals surface area contributed by atoms with E-state index in [4.69, 9.17) is 28.9 Å². The van der Waals surface area contributed by atoms with E-state index in [1.807, 2.05) is 0 Å². The summed E-state index contributed by atoms with van der Waals surface area (Å²) in [7, 11) is -2.12. The number of nitrogen functional groups attached to an aromatic ring is 1. The molecule has 118 valence electrons. The van der Waals surface area contributed by atoms with Gasteiger partial charge in [0.2, 0.25) is 10.0 Å². The largest absolute Gasteiger partial charge is 0.396 e. The van der Waals surface area contributed by atoms with Crippen LogP contribution in [0, 0.1) is 0 Å². The lowest BCUT2D eigenvalue weighted by atomic mass is 10.3. The summed E-state index contributed by atoms with van der Waals surface area (Å²) in [5.41, 5.74) is 5.79. The molecular weight excluding hydrogens is 333 g/mol. The van der Waals surface area contributed by atoms with Gasteiger partial charge in [0.15, 0.2) is 0 Å². The molecule has 0 aromatic heterocycles. The number of sulfonamides is 1. The average Bonchev–Trinajstić information content (AvgIpc) is 2.95. The van der Waals surface area contributed by atoms with Crippen LogP contribution in [0.3, 0.4) is 0 Å². The Balaban J connectivity index is 2.15. The Hall–Kier alpha value is -0.530. The van der Waals surface area contributed by atoms with Crippen molar-refractivity contribution in [3.8, 4) is 0 Å². The number of nitrogens with zero attached hydrogens (tertiary/aromatic N) is 2. The number of hydrogen-bond acceptors (Lipinski definition) is 4. The van der Waals surface area contributed by atoms with Crippen LogP contribution < -0.4 is 5.73 Å². The quantitative estimate of drug-likeness (QED) is 0.826. The molecule has 1 heterocycles. The highest BCUT2D eigenvalue weighted by Crippen LogP contribution is 2.34.